The summed E-state index contributed by atoms with van der Waals surface area (Å²) in [4.78, 5) is 4.42. The van der Waals surface area contributed by atoms with E-state index in [1.165, 1.54) is 7.11 Å². The van der Waals surface area contributed by atoms with Crippen LogP contribution in [0.5, 0.6) is 0 Å². The van der Waals surface area contributed by atoms with Gasteiger partial charge in [-0.05, 0) is 22.2 Å². The van der Waals surface area contributed by atoms with Gasteiger partial charge in [0.1, 0.15) is 0 Å². The first-order valence-electron chi connectivity index (χ1n) is 2.47. The molecule has 0 aliphatic rings. The molecule has 0 aliphatic carbocycles. The lowest BCUT2D eigenvalue weighted by atomic mass is 11.2. The molecule has 0 N–H and O–H groups in total. The fraction of sp³-hybridized carbons (Fsp3) is 1.00. The van der Waals surface area contributed by atoms with Gasteiger partial charge in [0.25, 0.3) is 0 Å². The topological polar surface area (TPSA) is 92.7 Å². The van der Waals surface area contributed by atoms with E-state index in [4.69, 9.17) is 0 Å². The molecule has 0 aromatic carbocycles. The van der Waals surface area contributed by atoms with E-state index in [-0.39, 0.29) is 0 Å². The van der Waals surface area contributed by atoms with Crippen molar-refractivity contribution in [2.45, 2.75) is 0 Å². The van der Waals surface area contributed by atoms with Crippen LogP contribution in [0.25, 0.3) is 0 Å². The summed E-state index contributed by atoms with van der Waals surface area (Å²) in [5, 5.41) is 0.798. The molecular formula is C3H7NO5S2-2. The Kier molecular flexibility index (Phi) is 5.82. The van der Waals surface area contributed by atoms with Crippen LogP contribution in [0.3, 0.4) is 0 Å². The highest BCUT2D eigenvalue weighted by Crippen LogP contribution is 1.91. The van der Waals surface area contributed by atoms with Gasteiger partial charge in [0.05, 0.1) is 18.9 Å². The highest BCUT2D eigenvalue weighted by molar-refractivity contribution is 7.79. The average Bonchev–Trinajstić information content (AvgIpc) is 1.84. The molecule has 0 amide bonds. The summed E-state index contributed by atoms with van der Waals surface area (Å²) in [5.41, 5.74) is 0. The average molecular weight is 201 g/mol. The Morgan fingerprint density at radius 1 is 1.27 bits per heavy atom. The molecule has 0 aromatic heterocycles. The van der Waals surface area contributed by atoms with Gasteiger partial charge in [-0.25, -0.2) is 0 Å². The molecule has 0 heterocycles. The Labute approximate surface area is 69.1 Å². The van der Waals surface area contributed by atoms with E-state index in [1.54, 1.807) is 0 Å². The van der Waals surface area contributed by atoms with Gasteiger partial charge in [-0.2, -0.15) is 5.06 Å². The Morgan fingerprint density at radius 2 is 1.64 bits per heavy atom. The molecule has 8 heteroatoms. The number of hydrogen-bond acceptors (Lipinski definition) is 6. The van der Waals surface area contributed by atoms with Crippen LogP contribution in [0.2, 0.25) is 0 Å². The quantitative estimate of drug-likeness (QED) is 0.398. The van der Waals surface area contributed by atoms with E-state index in [9.17, 15) is 17.5 Å². The van der Waals surface area contributed by atoms with Crippen molar-refractivity contribution >= 4 is 22.2 Å². The largest absolute Gasteiger partial charge is 0.771 e. The summed E-state index contributed by atoms with van der Waals surface area (Å²) in [5.74, 6) is -0.908. The van der Waals surface area contributed by atoms with Crippen LogP contribution in [-0.4, -0.2) is 41.4 Å². The van der Waals surface area contributed by atoms with Crippen molar-refractivity contribution in [1.82, 2.24) is 5.06 Å². The van der Waals surface area contributed by atoms with E-state index in [1.807, 2.05) is 0 Å². The van der Waals surface area contributed by atoms with Crippen LogP contribution in [0.1, 0.15) is 0 Å². The van der Waals surface area contributed by atoms with Crippen molar-refractivity contribution in [2.75, 3.05) is 18.9 Å². The summed E-state index contributed by atoms with van der Waals surface area (Å²) in [7, 11) is 1.19. The van der Waals surface area contributed by atoms with Gasteiger partial charge in [0.15, 0.2) is 0 Å². The smallest absolute Gasteiger partial charge is 0.0874 e. The number of hydrogen-bond donors (Lipinski definition) is 0. The lowest BCUT2D eigenvalue weighted by Gasteiger charge is -2.21. The molecule has 0 aliphatic heterocycles. The second-order valence-electron chi connectivity index (χ2n) is 1.53. The predicted octanol–water partition coefficient (Wildman–Crippen LogP) is -1.48. The SMILES string of the molecule is CON(CS(=O)[O-])CS(=O)[O-]. The molecule has 0 saturated carbocycles. The summed E-state index contributed by atoms with van der Waals surface area (Å²) in [6.07, 6.45) is 0. The number of nitrogens with zero attached hydrogens (tertiary/aromatic N) is 1. The first-order chi connectivity index (χ1) is 5.06. The highest BCUT2D eigenvalue weighted by atomic mass is 32.2. The molecule has 2 unspecified atom stereocenters. The lowest BCUT2D eigenvalue weighted by molar-refractivity contribution is -0.101. The fourth-order valence-corrected chi connectivity index (χ4v) is 1.36. The molecule has 0 aromatic rings. The first-order valence-corrected chi connectivity index (χ1v) is 4.96. The van der Waals surface area contributed by atoms with Gasteiger partial charge < -0.3 is 13.9 Å². The monoisotopic (exact) mass is 201 g/mol. The third-order valence-corrected chi connectivity index (χ3v) is 1.75. The van der Waals surface area contributed by atoms with Crippen molar-refractivity contribution in [1.29, 1.82) is 0 Å². The molecule has 0 fully saturated rings. The zero-order valence-electron chi connectivity index (χ0n) is 5.72. The summed E-state index contributed by atoms with van der Waals surface area (Å²) in [6, 6.07) is 0. The molecule has 2 atom stereocenters. The van der Waals surface area contributed by atoms with Gasteiger partial charge in [-0.15, -0.1) is 0 Å². The van der Waals surface area contributed by atoms with Crippen molar-refractivity contribution < 1.29 is 22.4 Å². The summed E-state index contributed by atoms with van der Waals surface area (Å²) < 4.78 is 40.1. The van der Waals surface area contributed by atoms with Crippen LogP contribution >= 0.6 is 0 Å². The molecule has 0 bridgehead atoms. The van der Waals surface area contributed by atoms with Gasteiger partial charge in [-0.1, -0.05) is 0 Å². The maximum atomic E-state index is 10.0. The standard InChI is InChI=1S/C3H9NO5S2/c1-9-4(2-10(5)6)3-11(7)8/h2-3H2,1H3,(H,5,6)(H,7,8)/p-2. The summed E-state index contributed by atoms with van der Waals surface area (Å²) in [6.45, 7) is 0. The van der Waals surface area contributed by atoms with Crippen LogP contribution in [0, 0.1) is 0 Å². The second kappa shape index (κ2) is 5.75. The predicted molar refractivity (Wildman–Crippen MR) is 36.4 cm³/mol. The molecule has 11 heavy (non-hydrogen) atoms. The minimum atomic E-state index is -2.33. The number of rotatable bonds is 5. The zero-order valence-corrected chi connectivity index (χ0v) is 7.35. The van der Waals surface area contributed by atoms with Gasteiger partial charge in [0.2, 0.25) is 0 Å². The van der Waals surface area contributed by atoms with E-state index < -0.39 is 33.9 Å². The molecule has 68 valence electrons. The molecule has 0 rings (SSSR count). The van der Waals surface area contributed by atoms with E-state index in [2.05, 4.69) is 4.84 Å². The van der Waals surface area contributed by atoms with Crippen LogP contribution < -0.4 is 0 Å². The lowest BCUT2D eigenvalue weighted by Crippen LogP contribution is -2.29. The molecule has 0 spiro atoms. The van der Waals surface area contributed by atoms with Gasteiger partial charge in [0, 0.05) is 0 Å². The normalized spacial score (nSPS) is 16.7. The third-order valence-electron chi connectivity index (χ3n) is 0.757. The van der Waals surface area contributed by atoms with Crippen molar-refractivity contribution in [3.8, 4) is 0 Å². The molecule has 6 nitrogen and oxygen atoms in total. The van der Waals surface area contributed by atoms with E-state index in [0.717, 1.165) is 5.06 Å². The van der Waals surface area contributed by atoms with Crippen molar-refractivity contribution in [3.05, 3.63) is 0 Å². The van der Waals surface area contributed by atoms with Crippen molar-refractivity contribution in [2.24, 2.45) is 0 Å². The van der Waals surface area contributed by atoms with Crippen LogP contribution in [-0.2, 0) is 27.0 Å². The van der Waals surface area contributed by atoms with E-state index in [0.29, 0.717) is 0 Å². The zero-order chi connectivity index (χ0) is 8.85. The maximum absolute atomic E-state index is 10.0. The molecule has 0 radical (unpaired) electrons. The Morgan fingerprint density at radius 3 is 1.82 bits per heavy atom. The fourth-order valence-electron chi connectivity index (χ4n) is 0.378. The minimum absolute atomic E-state index is 0.454. The Balaban J connectivity index is 3.76. The van der Waals surface area contributed by atoms with Gasteiger partial charge >= 0.3 is 0 Å². The summed E-state index contributed by atoms with van der Waals surface area (Å²) >= 11 is -4.67. The highest BCUT2D eigenvalue weighted by Gasteiger charge is 2.01. The van der Waals surface area contributed by atoms with Crippen LogP contribution in [0.15, 0.2) is 0 Å². The Bertz CT molecular complexity index is 146. The Hall–Kier alpha value is 0.140. The maximum Gasteiger partial charge on any atom is 0.0874 e. The number of hydroxylamine groups is 2. The minimum Gasteiger partial charge on any atom is -0.771 e. The molecule has 0 saturated heterocycles. The van der Waals surface area contributed by atoms with Crippen LogP contribution in [0.4, 0.5) is 0 Å². The second-order valence-corrected chi connectivity index (χ2v) is 3.26. The third kappa shape index (κ3) is 6.53. The first kappa shape index (κ1) is 11.1. The van der Waals surface area contributed by atoms with E-state index >= 15 is 0 Å². The molecular weight excluding hydrogens is 194 g/mol. The van der Waals surface area contributed by atoms with Gasteiger partial charge in [-0.3, -0.25) is 8.42 Å². The van der Waals surface area contributed by atoms with Crippen molar-refractivity contribution in [3.63, 3.8) is 0 Å².